The van der Waals surface area contributed by atoms with E-state index in [1.807, 2.05) is 0 Å². The van der Waals surface area contributed by atoms with Crippen molar-refractivity contribution in [2.75, 3.05) is 6.61 Å². The molecule has 8 heteroatoms. The van der Waals surface area contributed by atoms with E-state index in [0.29, 0.717) is 5.56 Å². The Morgan fingerprint density at radius 3 is 2.65 bits per heavy atom. The SMILES string of the molecule is C=CC1NC(=O)C1(C)COOC(=O)Cc1ccc([N+](=O)[O-])cc1. The summed E-state index contributed by atoms with van der Waals surface area (Å²) in [7, 11) is 0. The van der Waals surface area contributed by atoms with Gasteiger partial charge in [-0.3, -0.25) is 19.8 Å². The number of amides is 1. The lowest BCUT2D eigenvalue weighted by atomic mass is 9.75. The molecule has 0 bridgehead atoms. The first-order valence-electron chi connectivity index (χ1n) is 6.86. The fourth-order valence-electron chi connectivity index (χ4n) is 2.15. The van der Waals surface area contributed by atoms with E-state index < -0.39 is 16.3 Å². The number of carbonyl (C=O) groups is 2. The lowest BCUT2D eigenvalue weighted by Gasteiger charge is -2.43. The van der Waals surface area contributed by atoms with Gasteiger partial charge in [-0.05, 0) is 12.5 Å². The van der Waals surface area contributed by atoms with E-state index in [9.17, 15) is 19.7 Å². The maximum atomic E-state index is 11.7. The first-order valence-corrected chi connectivity index (χ1v) is 6.86. The smallest absolute Gasteiger partial charge is 0.346 e. The standard InChI is InChI=1S/C15H16N2O6/c1-3-12-15(2,14(19)16-12)9-22-23-13(18)8-10-4-6-11(7-5-10)17(20)21/h3-7,12H,1,8-9H2,2H3,(H,16,19). The number of nitrogens with one attached hydrogen (secondary N) is 1. The summed E-state index contributed by atoms with van der Waals surface area (Å²) in [4.78, 5) is 42.7. The van der Waals surface area contributed by atoms with Crippen LogP contribution in [-0.4, -0.2) is 29.4 Å². The minimum absolute atomic E-state index is 0.0576. The van der Waals surface area contributed by atoms with Crippen LogP contribution in [-0.2, 0) is 25.8 Å². The van der Waals surface area contributed by atoms with Crippen LogP contribution in [0.5, 0.6) is 0 Å². The monoisotopic (exact) mass is 320 g/mol. The van der Waals surface area contributed by atoms with Gasteiger partial charge in [0.1, 0.15) is 6.61 Å². The fraction of sp³-hybridized carbons (Fsp3) is 0.333. The Morgan fingerprint density at radius 2 is 2.13 bits per heavy atom. The highest BCUT2D eigenvalue weighted by molar-refractivity contribution is 5.90. The second-order valence-electron chi connectivity index (χ2n) is 5.42. The molecule has 1 saturated heterocycles. The van der Waals surface area contributed by atoms with Gasteiger partial charge < -0.3 is 5.32 Å². The molecular formula is C15H16N2O6. The summed E-state index contributed by atoms with van der Waals surface area (Å²) in [6, 6.07) is 5.31. The molecule has 8 nitrogen and oxygen atoms in total. The third-order valence-corrected chi connectivity index (χ3v) is 3.73. The molecule has 0 radical (unpaired) electrons. The maximum absolute atomic E-state index is 11.7. The zero-order valence-electron chi connectivity index (χ0n) is 12.5. The highest BCUT2D eigenvalue weighted by atomic mass is 17.2. The molecular weight excluding hydrogens is 304 g/mol. The van der Waals surface area contributed by atoms with Crippen molar-refractivity contribution in [1.82, 2.24) is 5.32 Å². The normalized spacial score (nSPS) is 22.7. The summed E-state index contributed by atoms with van der Waals surface area (Å²) in [5, 5.41) is 13.2. The molecule has 1 aromatic rings. The number of rotatable bonds is 7. The second-order valence-corrected chi connectivity index (χ2v) is 5.42. The van der Waals surface area contributed by atoms with Crippen LogP contribution < -0.4 is 5.32 Å². The molecule has 2 atom stereocenters. The van der Waals surface area contributed by atoms with Gasteiger partial charge in [-0.25, -0.2) is 4.79 Å². The first-order chi connectivity index (χ1) is 10.9. The van der Waals surface area contributed by atoms with Gasteiger partial charge in [0, 0.05) is 12.1 Å². The highest BCUT2D eigenvalue weighted by Crippen LogP contribution is 2.31. The van der Waals surface area contributed by atoms with Crippen molar-refractivity contribution in [2.45, 2.75) is 19.4 Å². The molecule has 1 aliphatic rings. The average molecular weight is 320 g/mol. The molecule has 1 fully saturated rings. The Morgan fingerprint density at radius 1 is 1.48 bits per heavy atom. The van der Waals surface area contributed by atoms with Crippen molar-refractivity contribution in [3.05, 3.63) is 52.6 Å². The van der Waals surface area contributed by atoms with Gasteiger partial charge >= 0.3 is 5.97 Å². The molecule has 1 aliphatic heterocycles. The van der Waals surface area contributed by atoms with Gasteiger partial charge in [-0.15, -0.1) is 6.58 Å². The first kappa shape index (κ1) is 16.6. The number of nitro benzene ring substituents is 1. The van der Waals surface area contributed by atoms with Crippen LogP contribution in [0.3, 0.4) is 0 Å². The Kier molecular flexibility index (Phi) is 4.75. The van der Waals surface area contributed by atoms with E-state index in [-0.39, 0.29) is 30.7 Å². The van der Waals surface area contributed by atoms with Crippen LogP contribution in [0.2, 0.25) is 0 Å². The molecule has 122 valence electrons. The van der Waals surface area contributed by atoms with E-state index in [0.717, 1.165) is 0 Å². The van der Waals surface area contributed by atoms with Gasteiger partial charge in [0.15, 0.2) is 0 Å². The molecule has 2 unspecified atom stereocenters. The predicted octanol–water partition coefficient (Wildman–Crippen LogP) is 1.30. The van der Waals surface area contributed by atoms with Crippen molar-refractivity contribution < 1.29 is 24.3 Å². The van der Waals surface area contributed by atoms with Crippen LogP contribution in [0.25, 0.3) is 0 Å². The number of hydrogen-bond acceptors (Lipinski definition) is 6. The Labute approximate surface area is 132 Å². The summed E-state index contributed by atoms with van der Waals surface area (Å²) >= 11 is 0. The number of benzene rings is 1. The Balaban J connectivity index is 1.80. The summed E-state index contributed by atoms with van der Waals surface area (Å²) in [5.41, 5.74) is -0.311. The molecule has 2 rings (SSSR count). The lowest BCUT2D eigenvalue weighted by molar-refractivity contribution is -0.384. The number of non-ortho nitro benzene ring substituents is 1. The van der Waals surface area contributed by atoms with Crippen molar-refractivity contribution >= 4 is 17.6 Å². The number of nitrogens with zero attached hydrogens (tertiary/aromatic N) is 1. The topological polar surface area (TPSA) is 108 Å². The summed E-state index contributed by atoms with van der Waals surface area (Å²) < 4.78 is 0. The van der Waals surface area contributed by atoms with Crippen LogP contribution in [0.4, 0.5) is 5.69 Å². The predicted molar refractivity (Wildman–Crippen MR) is 79.1 cm³/mol. The third kappa shape index (κ3) is 3.54. The third-order valence-electron chi connectivity index (χ3n) is 3.73. The lowest BCUT2D eigenvalue weighted by Crippen LogP contribution is -2.66. The van der Waals surface area contributed by atoms with E-state index in [4.69, 9.17) is 4.89 Å². The Bertz CT molecular complexity index is 642. The molecule has 0 spiro atoms. The Hall–Kier alpha value is -2.74. The van der Waals surface area contributed by atoms with E-state index >= 15 is 0 Å². The minimum atomic E-state index is -0.810. The van der Waals surface area contributed by atoms with Crippen LogP contribution >= 0.6 is 0 Å². The number of β-lactam (4-membered cyclic amide) rings is 1. The van der Waals surface area contributed by atoms with Crippen molar-refractivity contribution in [2.24, 2.45) is 5.41 Å². The molecule has 1 heterocycles. The molecule has 23 heavy (non-hydrogen) atoms. The highest BCUT2D eigenvalue weighted by Gasteiger charge is 2.50. The zero-order valence-corrected chi connectivity index (χ0v) is 12.5. The van der Waals surface area contributed by atoms with Gasteiger partial charge in [-0.2, -0.15) is 4.89 Å². The van der Waals surface area contributed by atoms with E-state index in [1.165, 1.54) is 24.3 Å². The van der Waals surface area contributed by atoms with Gasteiger partial charge in [0.25, 0.3) is 5.69 Å². The largest absolute Gasteiger partial charge is 0.348 e. The van der Waals surface area contributed by atoms with Crippen molar-refractivity contribution in [1.29, 1.82) is 0 Å². The molecule has 0 aliphatic carbocycles. The van der Waals surface area contributed by atoms with Gasteiger partial charge in [0.05, 0.1) is 22.8 Å². The number of hydrogen-bond donors (Lipinski definition) is 1. The number of nitro groups is 1. The quantitative estimate of drug-likeness (QED) is 0.267. The maximum Gasteiger partial charge on any atom is 0.346 e. The van der Waals surface area contributed by atoms with Crippen molar-refractivity contribution in [3.63, 3.8) is 0 Å². The molecule has 1 N–H and O–H groups in total. The van der Waals surface area contributed by atoms with Crippen LogP contribution in [0.1, 0.15) is 12.5 Å². The minimum Gasteiger partial charge on any atom is -0.348 e. The van der Waals surface area contributed by atoms with Crippen LogP contribution in [0, 0.1) is 15.5 Å². The number of carbonyl (C=O) groups excluding carboxylic acids is 2. The van der Waals surface area contributed by atoms with Crippen molar-refractivity contribution in [3.8, 4) is 0 Å². The zero-order chi connectivity index (χ0) is 17.0. The average Bonchev–Trinajstić information content (AvgIpc) is 2.52. The second kappa shape index (κ2) is 6.57. The van der Waals surface area contributed by atoms with Gasteiger partial charge in [0.2, 0.25) is 5.91 Å². The summed E-state index contributed by atoms with van der Waals surface area (Å²) in [6.07, 6.45) is 1.50. The summed E-state index contributed by atoms with van der Waals surface area (Å²) in [6.45, 7) is 5.21. The fourth-order valence-corrected chi connectivity index (χ4v) is 2.15. The molecule has 0 aromatic heterocycles. The molecule has 0 saturated carbocycles. The van der Waals surface area contributed by atoms with E-state index in [1.54, 1.807) is 13.0 Å². The molecule has 1 amide bonds. The van der Waals surface area contributed by atoms with Gasteiger partial charge in [-0.1, -0.05) is 18.2 Å². The van der Waals surface area contributed by atoms with E-state index in [2.05, 4.69) is 16.8 Å². The molecule has 1 aromatic carbocycles. The van der Waals surface area contributed by atoms with Crippen LogP contribution in [0.15, 0.2) is 36.9 Å². The summed E-state index contributed by atoms with van der Waals surface area (Å²) in [5.74, 6) is -0.855.